The predicted octanol–water partition coefficient (Wildman–Crippen LogP) is 4.31. The summed E-state index contributed by atoms with van der Waals surface area (Å²) in [7, 11) is 0. The Morgan fingerprint density at radius 3 is 2.43 bits per heavy atom. The summed E-state index contributed by atoms with van der Waals surface area (Å²) in [5.41, 5.74) is 9.93. The van der Waals surface area contributed by atoms with E-state index in [0.717, 1.165) is 23.8 Å². The Morgan fingerprint density at radius 1 is 1.14 bits per heavy atom. The van der Waals surface area contributed by atoms with Crippen LogP contribution >= 0.6 is 0 Å². The number of rotatable bonds is 3. The Balaban J connectivity index is 1.98. The second kappa shape index (κ2) is 5.92. The van der Waals surface area contributed by atoms with Crippen LogP contribution in [0.15, 0.2) is 30.3 Å². The molecule has 0 atom stereocenters. The first-order valence-electron chi connectivity index (χ1n) is 8.13. The molecule has 0 bridgehead atoms. The first kappa shape index (κ1) is 14.2. The van der Waals surface area contributed by atoms with E-state index >= 15 is 0 Å². The Hall–Kier alpha value is -1.77. The molecule has 2 N–H and O–H groups in total. The van der Waals surface area contributed by atoms with E-state index in [1.165, 1.54) is 36.9 Å². The van der Waals surface area contributed by atoms with Crippen molar-refractivity contribution in [2.45, 2.75) is 51.9 Å². The van der Waals surface area contributed by atoms with Gasteiger partial charge in [-0.3, -0.25) is 0 Å². The Bertz CT molecular complexity index is 592. The third kappa shape index (κ3) is 2.69. The van der Waals surface area contributed by atoms with Gasteiger partial charge in [0.1, 0.15) is 5.82 Å². The van der Waals surface area contributed by atoms with E-state index < -0.39 is 0 Å². The van der Waals surface area contributed by atoms with Crippen molar-refractivity contribution in [1.29, 1.82) is 0 Å². The second-order valence-electron chi connectivity index (χ2n) is 6.31. The van der Waals surface area contributed by atoms with Crippen LogP contribution in [-0.2, 0) is 6.42 Å². The number of aromatic nitrogens is 2. The molecule has 3 nitrogen and oxygen atoms in total. The van der Waals surface area contributed by atoms with E-state index in [2.05, 4.69) is 26.0 Å². The van der Waals surface area contributed by atoms with Crippen molar-refractivity contribution in [3.63, 3.8) is 0 Å². The Labute approximate surface area is 127 Å². The molecule has 1 aromatic carbocycles. The highest BCUT2D eigenvalue weighted by Gasteiger charge is 2.26. The summed E-state index contributed by atoms with van der Waals surface area (Å²) < 4.78 is 1.92. The fraction of sp³-hybridized carbons (Fsp3) is 0.500. The number of nitrogen functional groups attached to an aromatic ring is 1. The molecule has 0 aliphatic heterocycles. The number of hydrogen-bond donors (Lipinski definition) is 1. The highest BCUT2D eigenvalue weighted by molar-refractivity contribution is 5.51. The topological polar surface area (TPSA) is 43.8 Å². The molecule has 1 aliphatic carbocycles. The molecule has 1 saturated carbocycles. The van der Waals surface area contributed by atoms with E-state index in [0.29, 0.717) is 5.92 Å². The van der Waals surface area contributed by atoms with Gasteiger partial charge in [0.2, 0.25) is 0 Å². The number of nitrogens with two attached hydrogens (primary N) is 1. The molecule has 0 saturated heterocycles. The zero-order valence-electron chi connectivity index (χ0n) is 13.0. The van der Waals surface area contributed by atoms with Gasteiger partial charge in [-0.25, -0.2) is 4.68 Å². The molecule has 0 amide bonds. The number of nitrogens with zero attached hydrogens (tertiary/aromatic N) is 2. The maximum Gasteiger partial charge on any atom is 0.130 e. The molecule has 3 heteroatoms. The van der Waals surface area contributed by atoms with Gasteiger partial charge in [0.05, 0.1) is 11.4 Å². The average Bonchev–Trinajstić information content (AvgIpc) is 2.85. The highest BCUT2D eigenvalue weighted by atomic mass is 15.3. The molecule has 1 aliphatic rings. The van der Waals surface area contributed by atoms with Gasteiger partial charge in [-0.15, -0.1) is 0 Å². The van der Waals surface area contributed by atoms with Crippen molar-refractivity contribution in [2.24, 2.45) is 5.92 Å². The van der Waals surface area contributed by atoms with Crippen LogP contribution in [0.4, 0.5) is 5.82 Å². The van der Waals surface area contributed by atoms with Crippen LogP contribution in [0.3, 0.4) is 0 Å². The predicted molar refractivity (Wildman–Crippen MR) is 87.7 cm³/mol. The van der Waals surface area contributed by atoms with Crippen molar-refractivity contribution in [3.8, 4) is 5.69 Å². The fourth-order valence-electron chi connectivity index (χ4n) is 3.47. The van der Waals surface area contributed by atoms with Crippen LogP contribution in [-0.4, -0.2) is 9.78 Å². The van der Waals surface area contributed by atoms with Gasteiger partial charge in [-0.1, -0.05) is 44.9 Å². The minimum Gasteiger partial charge on any atom is -0.383 e. The number of para-hydroxylation sites is 1. The lowest BCUT2D eigenvalue weighted by Crippen LogP contribution is -2.12. The third-order valence-corrected chi connectivity index (χ3v) is 4.81. The molecule has 0 radical (unpaired) electrons. The third-order valence-electron chi connectivity index (χ3n) is 4.81. The molecular formula is C18H25N3. The first-order valence-corrected chi connectivity index (χ1v) is 8.13. The molecule has 1 fully saturated rings. The van der Waals surface area contributed by atoms with Crippen molar-refractivity contribution < 1.29 is 0 Å². The monoisotopic (exact) mass is 283 g/mol. The van der Waals surface area contributed by atoms with Crippen LogP contribution in [0.25, 0.3) is 5.69 Å². The van der Waals surface area contributed by atoms with E-state index in [-0.39, 0.29) is 0 Å². The average molecular weight is 283 g/mol. The smallest absolute Gasteiger partial charge is 0.130 e. The quantitative estimate of drug-likeness (QED) is 0.912. The highest BCUT2D eigenvalue weighted by Crippen LogP contribution is 2.38. The van der Waals surface area contributed by atoms with Crippen LogP contribution in [0.5, 0.6) is 0 Å². The maximum atomic E-state index is 6.38. The van der Waals surface area contributed by atoms with Gasteiger partial charge in [0.15, 0.2) is 0 Å². The Kier molecular flexibility index (Phi) is 4.00. The van der Waals surface area contributed by atoms with Gasteiger partial charge in [0.25, 0.3) is 0 Å². The van der Waals surface area contributed by atoms with Crippen LogP contribution in [0, 0.1) is 5.92 Å². The van der Waals surface area contributed by atoms with Crippen LogP contribution < -0.4 is 5.73 Å². The maximum absolute atomic E-state index is 6.38. The van der Waals surface area contributed by atoms with Crippen LogP contribution in [0.2, 0.25) is 0 Å². The standard InChI is InChI=1S/C18H25N3/c1-3-16-17(14-11-9-13(2)10-12-14)20-21(18(16)19)15-7-5-4-6-8-15/h4-8,13-14H,3,9-12,19H2,1-2H3. The zero-order chi connectivity index (χ0) is 14.8. The fourth-order valence-corrected chi connectivity index (χ4v) is 3.47. The van der Waals surface area contributed by atoms with Crippen molar-refractivity contribution in [3.05, 3.63) is 41.6 Å². The normalized spacial score (nSPS) is 22.4. The minimum atomic E-state index is 0.586. The molecule has 21 heavy (non-hydrogen) atoms. The van der Waals surface area contributed by atoms with Crippen molar-refractivity contribution >= 4 is 5.82 Å². The summed E-state index contributed by atoms with van der Waals surface area (Å²) in [6.45, 7) is 4.53. The number of anilines is 1. The minimum absolute atomic E-state index is 0.586. The summed E-state index contributed by atoms with van der Waals surface area (Å²) in [6, 6.07) is 10.2. The van der Waals surface area contributed by atoms with Gasteiger partial charge < -0.3 is 5.73 Å². The lowest BCUT2D eigenvalue weighted by Gasteiger charge is -2.25. The van der Waals surface area contributed by atoms with Gasteiger partial charge in [-0.2, -0.15) is 5.10 Å². The van der Waals surface area contributed by atoms with E-state index in [1.807, 2.05) is 22.9 Å². The summed E-state index contributed by atoms with van der Waals surface area (Å²) in [5, 5.41) is 4.89. The number of hydrogen-bond acceptors (Lipinski definition) is 2. The van der Waals surface area contributed by atoms with E-state index in [1.54, 1.807) is 0 Å². The molecule has 0 spiro atoms. The first-order chi connectivity index (χ1) is 10.2. The molecule has 0 unspecified atom stereocenters. The molecule has 112 valence electrons. The van der Waals surface area contributed by atoms with Gasteiger partial charge in [0, 0.05) is 11.5 Å². The van der Waals surface area contributed by atoms with E-state index in [4.69, 9.17) is 10.8 Å². The summed E-state index contributed by atoms with van der Waals surface area (Å²) in [5.74, 6) is 2.26. The molecule has 1 aromatic heterocycles. The van der Waals surface area contributed by atoms with Gasteiger partial charge >= 0.3 is 0 Å². The lowest BCUT2D eigenvalue weighted by atomic mass is 9.80. The SMILES string of the molecule is CCc1c(C2CCC(C)CC2)nn(-c2ccccc2)c1N. The van der Waals surface area contributed by atoms with Gasteiger partial charge in [-0.05, 0) is 37.3 Å². The Morgan fingerprint density at radius 2 is 1.81 bits per heavy atom. The zero-order valence-corrected chi connectivity index (χ0v) is 13.0. The largest absolute Gasteiger partial charge is 0.383 e. The van der Waals surface area contributed by atoms with Crippen LogP contribution in [0.1, 0.15) is 56.7 Å². The summed E-state index contributed by atoms with van der Waals surface area (Å²) >= 11 is 0. The van der Waals surface area contributed by atoms with Crippen molar-refractivity contribution in [2.75, 3.05) is 5.73 Å². The summed E-state index contributed by atoms with van der Waals surface area (Å²) in [4.78, 5) is 0. The molecular weight excluding hydrogens is 258 g/mol. The molecule has 1 heterocycles. The second-order valence-corrected chi connectivity index (χ2v) is 6.31. The lowest BCUT2D eigenvalue weighted by molar-refractivity contribution is 0.342. The van der Waals surface area contributed by atoms with Crippen molar-refractivity contribution in [1.82, 2.24) is 9.78 Å². The number of benzene rings is 1. The molecule has 3 rings (SSSR count). The van der Waals surface area contributed by atoms with E-state index in [9.17, 15) is 0 Å². The summed E-state index contributed by atoms with van der Waals surface area (Å²) in [6.07, 6.45) is 6.08. The molecule has 2 aromatic rings.